The van der Waals surface area contributed by atoms with Crippen molar-refractivity contribution in [3.8, 4) is 11.8 Å². The SMILES string of the molecule is CCCCCCCCCCC#CCOC(=O)CCC(=O)OCCOC. The minimum atomic E-state index is -0.426. The second kappa shape index (κ2) is 18.8. The highest BCUT2D eigenvalue weighted by molar-refractivity contribution is 5.77. The fourth-order valence-electron chi connectivity index (χ4n) is 2.19. The Morgan fingerprint density at radius 1 is 0.760 bits per heavy atom. The van der Waals surface area contributed by atoms with Crippen molar-refractivity contribution < 1.29 is 23.8 Å². The Morgan fingerprint density at radius 2 is 1.36 bits per heavy atom. The van der Waals surface area contributed by atoms with E-state index in [1.807, 2.05) is 0 Å². The molecule has 0 radical (unpaired) electrons. The van der Waals surface area contributed by atoms with Gasteiger partial charge in [0.1, 0.15) is 6.61 Å². The van der Waals surface area contributed by atoms with Crippen LogP contribution in [0.1, 0.15) is 77.6 Å². The lowest BCUT2D eigenvalue weighted by molar-refractivity contribution is -0.150. The molecule has 0 saturated heterocycles. The Hall–Kier alpha value is -1.54. The van der Waals surface area contributed by atoms with Gasteiger partial charge in [0.25, 0.3) is 0 Å². The lowest BCUT2D eigenvalue weighted by Crippen LogP contribution is -2.12. The lowest BCUT2D eigenvalue weighted by Gasteiger charge is -2.03. The summed E-state index contributed by atoms with van der Waals surface area (Å²) in [5.41, 5.74) is 0. The number of unbranched alkanes of at least 4 members (excludes halogenated alkanes) is 8. The maximum Gasteiger partial charge on any atom is 0.307 e. The van der Waals surface area contributed by atoms with Gasteiger partial charge in [-0.3, -0.25) is 9.59 Å². The van der Waals surface area contributed by atoms with Gasteiger partial charge in [0, 0.05) is 13.5 Å². The molecule has 0 aromatic carbocycles. The van der Waals surface area contributed by atoms with E-state index in [9.17, 15) is 9.59 Å². The summed E-state index contributed by atoms with van der Waals surface area (Å²) in [6.07, 6.45) is 11.1. The molecule has 5 heteroatoms. The topological polar surface area (TPSA) is 61.8 Å². The van der Waals surface area contributed by atoms with Gasteiger partial charge in [0.15, 0.2) is 6.61 Å². The molecular weight excluding hydrogens is 320 g/mol. The molecule has 0 amide bonds. The first kappa shape index (κ1) is 23.5. The van der Waals surface area contributed by atoms with Crippen molar-refractivity contribution in [2.24, 2.45) is 0 Å². The molecule has 0 fully saturated rings. The molecule has 0 unspecified atom stereocenters. The number of carbonyl (C=O) groups excluding carboxylic acids is 2. The molecule has 0 aliphatic carbocycles. The van der Waals surface area contributed by atoms with Gasteiger partial charge < -0.3 is 14.2 Å². The summed E-state index contributed by atoms with van der Waals surface area (Å²) < 4.78 is 14.6. The normalized spacial score (nSPS) is 10.0. The Balaban J connectivity index is 3.42. The van der Waals surface area contributed by atoms with E-state index in [2.05, 4.69) is 18.8 Å². The number of rotatable bonds is 15. The molecule has 0 aromatic heterocycles. The van der Waals surface area contributed by atoms with Crippen LogP contribution in [0.5, 0.6) is 0 Å². The van der Waals surface area contributed by atoms with Gasteiger partial charge in [-0.15, -0.1) is 0 Å². The van der Waals surface area contributed by atoms with Crippen molar-refractivity contribution >= 4 is 11.9 Å². The van der Waals surface area contributed by atoms with Gasteiger partial charge in [-0.2, -0.15) is 0 Å². The molecule has 0 saturated carbocycles. The van der Waals surface area contributed by atoms with E-state index in [4.69, 9.17) is 14.2 Å². The highest BCUT2D eigenvalue weighted by Gasteiger charge is 2.08. The van der Waals surface area contributed by atoms with E-state index in [0.29, 0.717) is 6.61 Å². The van der Waals surface area contributed by atoms with E-state index in [-0.39, 0.29) is 26.1 Å². The van der Waals surface area contributed by atoms with Crippen LogP contribution in [0.3, 0.4) is 0 Å². The summed E-state index contributed by atoms with van der Waals surface area (Å²) >= 11 is 0. The molecule has 0 spiro atoms. The van der Waals surface area contributed by atoms with Gasteiger partial charge in [-0.05, 0) is 6.42 Å². The summed E-state index contributed by atoms with van der Waals surface area (Å²) in [6, 6.07) is 0. The summed E-state index contributed by atoms with van der Waals surface area (Å²) in [5.74, 6) is 5.01. The van der Waals surface area contributed by atoms with E-state index in [1.165, 1.54) is 52.1 Å². The third kappa shape index (κ3) is 18.6. The van der Waals surface area contributed by atoms with Crippen molar-refractivity contribution in [3.05, 3.63) is 0 Å². The van der Waals surface area contributed by atoms with Crippen molar-refractivity contribution in [3.63, 3.8) is 0 Å². The average Bonchev–Trinajstić information content (AvgIpc) is 2.61. The van der Waals surface area contributed by atoms with Gasteiger partial charge >= 0.3 is 11.9 Å². The zero-order valence-electron chi connectivity index (χ0n) is 15.9. The molecule has 5 nitrogen and oxygen atoms in total. The average molecular weight is 354 g/mol. The van der Waals surface area contributed by atoms with Crippen molar-refractivity contribution in [1.82, 2.24) is 0 Å². The van der Waals surface area contributed by atoms with Crippen LogP contribution in [0.2, 0.25) is 0 Å². The van der Waals surface area contributed by atoms with E-state index in [0.717, 1.165) is 12.8 Å². The number of methoxy groups -OCH3 is 1. The second-order valence-electron chi connectivity index (χ2n) is 5.95. The summed E-state index contributed by atoms with van der Waals surface area (Å²) in [6.45, 7) is 2.88. The molecular formula is C20H34O5. The molecule has 0 rings (SSSR count). The molecule has 25 heavy (non-hydrogen) atoms. The zero-order chi connectivity index (χ0) is 18.6. The Morgan fingerprint density at radius 3 is 2.00 bits per heavy atom. The number of hydrogen-bond acceptors (Lipinski definition) is 5. The van der Waals surface area contributed by atoms with Crippen LogP contribution < -0.4 is 0 Å². The highest BCUT2D eigenvalue weighted by Crippen LogP contribution is 2.09. The molecule has 0 N–H and O–H groups in total. The van der Waals surface area contributed by atoms with E-state index >= 15 is 0 Å². The molecule has 0 bridgehead atoms. The minimum absolute atomic E-state index is 0.0194. The van der Waals surface area contributed by atoms with Gasteiger partial charge in [-0.1, -0.05) is 63.7 Å². The summed E-state index contributed by atoms with van der Waals surface area (Å²) in [5, 5.41) is 0. The van der Waals surface area contributed by atoms with Crippen LogP contribution in [0.25, 0.3) is 0 Å². The third-order valence-corrected chi connectivity index (χ3v) is 3.67. The third-order valence-electron chi connectivity index (χ3n) is 3.67. The molecule has 0 heterocycles. The van der Waals surface area contributed by atoms with Crippen LogP contribution in [0.15, 0.2) is 0 Å². The van der Waals surface area contributed by atoms with Crippen molar-refractivity contribution in [1.29, 1.82) is 0 Å². The van der Waals surface area contributed by atoms with Crippen molar-refractivity contribution in [2.75, 3.05) is 26.9 Å². The van der Waals surface area contributed by atoms with Crippen LogP contribution >= 0.6 is 0 Å². The fraction of sp³-hybridized carbons (Fsp3) is 0.800. The quantitative estimate of drug-likeness (QED) is 0.252. The predicted molar refractivity (Wildman–Crippen MR) is 98.0 cm³/mol. The first-order valence-corrected chi connectivity index (χ1v) is 9.46. The predicted octanol–water partition coefficient (Wildman–Crippen LogP) is 4.03. The fourth-order valence-corrected chi connectivity index (χ4v) is 2.19. The molecule has 0 aliphatic heterocycles. The van der Waals surface area contributed by atoms with Crippen LogP contribution in [0, 0.1) is 11.8 Å². The van der Waals surface area contributed by atoms with Crippen LogP contribution in [-0.2, 0) is 23.8 Å². The van der Waals surface area contributed by atoms with Gasteiger partial charge in [0.2, 0.25) is 0 Å². The van der Waals surface area contributed by atoms with Crippen molar-refractivity contribution in [2.45, 2.75) is 77.6 Å². The highest BCUT2D eigenvalue weighted by atomic mass is 16.6. The Bertz CT molecular complexity index is 395. The standard InChI is InChI=1S/C20H34O5/c1-3-4-5-6-7-8-9-10-11-12-13-16-24-19(21)14-15-20(22)25-18-17-23-2/h3-11,14-18H2,1-2H3. The molecule has 0 atom stereocenters. The Labute approximate surface area is 152 Å². The molecule has 144 valence electrons. The van der Waals surface area contributed by atoms with E-state index in [1.54, 1.807) is 0 Å². The van der Waals surface area contributed by atoms with Gasteiger partial charge in [0.05, 0.1) is 19.4 Å². The first-order valence-electron chi connectivity index (χ1n) is 9.46. The van der Waals surface area contributed by atoms with Crippen LogP contribution in [-0.4, -0.2) is 38.9 Å². The monoisotopic (exact) mass is 354 g/mol. The largest absolute Gasteiger partial charge is 0.463 e. The maximum atomic E-state index is 11.4. The van der Waals surface area contributed by atoms with E-state index < -0.39 is 11.9 Å². The first-order chi connectivity index (χ1) is 12.2. The summed E-state index contributed by atoms with van der Waals surface area (Å²) in [7, 11) is 1.53. The van der Waals surface area contributed by atoms with Gasteiger partial charge in [-0.25, -0.2) is 0 Å². The number of carbonyl (C=O) groups is 2. The van der Waals surface area contributed by atoms with Crippen LogP contribution in [0.4, 0.5) is 0 Å². The maximum absolute atomic E-state index is 11.4. The smallest absolute Gasteiger partial charge is 0.307 e. The minimum Gasteiger partial charge on any atom is -0.463 e. The Kier molecular flexibility index (Phi) is 17.6. The summed E-state index contributed by atoms with van der Waals surface area (Å²) in [4.78, 5) is 22.7. The zero-order valence-corrected chi connectivity index (χ0v) is 15.9. The number of hydrogen-bond donors (Lipinski definition) is 0. The molecule has 0 aromatic rings. The molecule has 0 aliphatic rings. The number of ether oxygens (including phenoxy) is 3. The second-order valence-corrected chi connectivity index (χ2v) is 5.95. The number of esters is 2. The lowest BCUT2D eigenvalue weighted by atomic mass is 10.1.